The Morgan fingerprint density at radius 3 is 2.21 bits per heavy atom. The summed E-state index contributed by atoms with van der Waals surface area (Å²) in [5.74, 6) is 0. The van der Waals surface area contributed by atoms with Gasteiger partial charge in [-0.1, -0.05) is 38.3 Å². The molecular formula is C16H24N2S. The third-order valence-electron chi connectivity index (χ3n) is 3.76. The average molecular weight is 276 g/mol. The Morgan fingerprint density at radius 1 is 1.05 bits per heavy atom. The van der Waals surface area contributed by atoms with Crippen molar-refractivity contribution >= 4 is 23.0 Å². The summed E-state index contributed by atoms with van der Waals surface area (Å²) in [5.41, 5.74) is 2.46. The van der Waals surface area contributed by atoms with Crippen LogP contribution in [0.15, 0.2) is 24.3 Å². The van der Waals surface area contributed by atoms with Gasteiger partial charge < -0.3 is 10.2 Å². The van der Waals surface area contributed by atoms with E-state index in [1.54, 1.807) is 0 Å². The molecule has 1 aromatic rings. The van der Waals surface area contributed by atoms with E-state index in [0.717, 1.165) is 30.3 Å². The van der Waals surface area contributed by atoms with Gasteiger partial charge in [0.2, 0.25) is 0 Å². The molecule has 0 aliphatic carbocycles. The highest BCUT2D eigenvalue weighted by Crippen LogP contribution is 2.14. The Balaban J connectivity index is 1.90. The van der Waals surface area contributed by atoms with Crippen molar-refractivity contribution in [3.05, 3.63) is 29.8 Å². The Bertz CT molecular complexity index is 392. The Hall–Kier alpha value is -1.09. The van der Waals surface area contributed by atoms with Crippen molar-refractivity contribution in [2.45, 2.75) is 45.4 Å². The number of hydrogen-bond donors (Lipinski definition) is 1. The van der Waals surface area contributed by atoms with Gasteiger partial charge in [-0.15, -0.1) is 0 Å². The van der Waals surface area contributed by atoms with Gasteiger partial charge in [0, 0.05) is 18.8 Å². The summed E-state index contributed by atoms with van der Waals surface area (Å²) in [4.78, 5) is 2.32. The molecule has 0 saturated carbocycles. The van der Waals surface area contributed by atoms with Crippen LogP contribution in [0.4, 0.5) is 5.69 Å². The highest BCUT2D eigenvalue weighted by molar-refractivity contribution is 7.80. The summed E-state index contributed by atoms with van der Waals surface area (Å²) < 4.78 is 0. The van der Waals surface area contributed by atoms with Crippen LogP contribution in [0.25, 0.3) is 0 Å². The molecule has 104 valence electrons. The molecule has 1 aliphatic heterocycles. The fourth-order valence-corrected chi connectivity index (χ4v) is 2.78. The summed E-state index contributed by atoms with van der Waals surface area (Å²) in [6, 6.07) is 8.57. The van der Waals surface area contributed by atoms with E-state index in [1.807, 2.05) is 0 Å². The van der Waals surface area contributed by atoms with Crippen LogP contribution in [0.5, 0.6) is 0 Å². The number of likely N-dealkylation sites (tertiary alicyclic amines) is 1. The van der Waals surface area contributed by atoms with Crippen LogP contribution in [0.2, 0.25) is 0 Å². The minimum absolute atomic E-state index is 0.881. The predicted octanol–water partition coefficient (Wildman–Crippen LogP) is 4.21. The van der Waals surface area contributed by atoms with E-state index in [-0.39, 0.29) is 0 Å². The molecule has 0 aromatic heterocycles. The van der Waals surface area contributed by atoms with Crippen molar-refractivity contribution in [1.82, 2.24) is 4.90 Å². The SMILES string of the molecule is CCc1ccc(NC(=S)N2CCCCCCC2)cc1. The summed E-state index contributed by atoms with van der Waals surface area (Å²) in [6.07, 6.45) is 7.66. The zero-order chi connectivity index (χ0) is 13.5. The molecular weight excluding hydrogens is 252 g/mol. The smallest absolute Gasteiger partial charge is 0.173 e. The van der Waals surface area contributed by atoms with Gasteiger partial charge in [-0.05, 0) is 49.2 Å². The van der Waals surface area contributed by atoms with Crippen molar-refractivity contribution in [3.8, 4) is 0 Å². The second kappa shape index (κ2) is 7.49. The van der Waals surface area contributed by atoms with E-state index in [1.165, 1.54) is 37.7 Å². The zero-order valence-electron chi connectivity index (χ0n) is 11.8. The van der Waals surface area contributed by atoms with Crippen LogP contribution in [0.1, 0.15) is 44.6 Å². The molecule has 1 aromatic carbocycles. The second-order valence-corrected chi connectivity index (χ2v) is 5.62. The maximum Gasteiger partial charge on any atom is 0.173 e. The predicted molar refractivity (Wildman–Crippen MR) is 86.7 cm³/mol. The third-order valence-corrected chi connectivity index (χ3v) is 4.12. The number of rotatable bonds is 2. The summed E-state index contributed by atoms with van der Waals surface area (Å²) in [7, 11) is 0. The highest BCUT2D eigenvalue weighted by atomic mass is 32.1. The van der Waals surface area contributed by atoms with Gasteiger partial charge in [0.1, 0.15) is 0 Å². The molecule has 0 unspecified atom stereocenters. The number of aryl methyl sites for hydroxylation is 1. The lowest BCUT2D eigenvalue weighted by Crippen LogP contribution is -2.36. The molecule has 1 N–H and O–H groups in total. The van der Waals surface area contributed by atoms with E-state index in [0.29, 0.717) is 0 Å². The number of nitrogens with one attached hydrogen (secondary N) is 1. The zero-order valence-corrected chi connectivity index (χ0v) is 12.6. The van der Waals surface area contributed by atoms with Crippen molar-refractivity contribution < 1.29 is 0 Å². The Morgan fingerprint density at radius 2 is 1.63 bits per heavy atom. The van der Waals surface area contributed by atoms with Crippen molar-refractivity contribution in [3.63, 3.8) is 0 Å². The maximum atomic E-state index is 5.54. The first-order valence-corrected chi connectivity index (χ1v) is 7.85. The molecule has 2 nitrogen and oxygen atoms in total. The number of nitrogens with zero attached hydrogens (tertiary/aromatic N) is 1. The van der Waals surface area contributed by atoms with Crippen molar-refractivity contribution in [2.24, 2.45) is 0 Å². The lowest BCUT2D eigenvalue weighted by Gasteiger charge is -2.27. The van der Waals surface area contributed by atoms with Crippen molar-refractivity contribution in [2.75, 3.05) is 18.4 Å². The average Bonchev–Trinajstić information content (AvgIpc) is 2.39. The quantitative estimate of drug-likeness (QED) is 0.815. The molecule has 2 rings (SSSR count). The van der Waals surface area contributed by atoms with Gasteiger partial charge in [0.15, 0.2) is 5.11 Å². The molecule has 1 aliphatic rings. The topological polar surface area (TPSA) is 15.3 Å². The molecule has 0 bridgehead atoms. The Kier molecular flexibility index (Phi) is 5.64. The largest absolute Gasteiger partial charge is 0.349 e. The second-order valence-electron chi connectivity index (χ2n) is 5.24. The van der Waals surface area contributed by atoms with Gasteiger partial charge in [-0.2, -0.15) is 0 Å². The monoisotopic (exact) mass is 276 g/mol. The standard InChI is InChI=1S/C16H24N2S/c1-2-14-8-10-15(11-9-14)17-16(19)18-12-6-4-3-5-7-13-18/h8-11H,2-7,12-13H2,1H3,(H,17,19). The van der Waals surface area contributed by atoms with Gasteiger partial charge >= 0.3 is 0 Å². The summed E-state index contributed by atoms with van der Waals surface area (Å²) in [5, 5.41) is 4.25. The lowest BCUT2D eigenvalue weighted by molar-refractivity contribution is 0.366. The van der Waals surface area contributed by atoms with Gasteiger partial charge in [0.25, 0.3) is 0 Å². The van der Waals surface area contributed by atoms with Gasteiger partial charge in [-0.3, -0.25) is 0 Å². The molecule has 3 heteroatoms. The first kappa shape index (κ1) is 14.3. The molecule has 1 heterocycles. The van der Waals surface area contributed by atoms with Crippen LogP contribution in [0, 0.1) is 0 Å². The van der Waals surface area contributed by atoms with Crippen molar-refractivity contribution in [1.29, 1.82) is 0 Å². The first-order chi connectivity index (χ1) is 9.29. The Labute approximate surface area is 122 Å². The molecule has 0 amide bonds. The fourth-order valence-electron chi connectivity index (χ4n) is 2.48. The maximum absolute atomic E-state index is 5.54. The minimum atomic E-state index is 0.881. The highest BCUT2D eigenvalue weighted by Gasteiger charge is 2.11. The molecule has 0 atom stereocenters. The lowest BCUT2D eigenvalue weighted by atomic mass is 10.1. The van der Waals surface area contributed by atoms with E-state index in [4.69, 9.17) is 12.2 Å². The summed E-state index contributed by atoms with van der Waals surface area (Å²) in [6.45, 7) is 4.37. The summed E-state index contributed by atoms with van der Waals surface area (Å²) >= 11 is 5.54. The van der Waals surface area contributed by atoms with Gasteiger partial charge in [0.05, 0.1) is 0 Å². The number of hydrogen-bond acceptors (Lipinski definition) is 1. The molecule has 0 spiro atoms. The number of anilines is 1. The van der Waals surface area contributed by atoms with Crippen LogP contribution >= 0.6 is 12.2 Å². The molecule has 1 fully saturated rings. The van der Waals surface area contributed by atoms with Crippen LogP contribution in [-0.2, 0) is 6.42 Å². The van der Waals surface area contributed by atoms with E-state index >= 15 is 0 Å². The first-order valence-electron chi connectivity index (χ1n) is 7.44. The van der Waals surface area contributed by atoms with Crippen LogP contribution in [-0.4, -0.2) is 23.1 Å². The number of benzene rings is 1. The normalized spacial score (nSPS) is 16.6. The van der Waals surface area contributed by atoms with E-state index in [2.05, 4.69) is 41.4 Å². The van der Waals surface area contributed by atoms with Crippen LogP contribution < -0.4 is 5.32 Å². The minimum Gasteiger partial charge on any atom is -0.349 e. The molecule has 0 radical (unpaired) electrons. The molecule has 1 saturated heterocycles. The third kappa shape index (κ3) is 4.50. The van der Waals surface area contributed by atoms with Gasteiger partial charge in [-0.25, -0.2) is 0 Å². The van der Waals surface area contributed by atoms with E-state index < -0.39 is 0 Å². The fraction of sp³-hybridized carbons (Fsp3) is 0.562. The molecule has 19 heavy (non-hydrogen) atoms. The van der Waals surface area contributed by atoms with E-state index in [9.17, 15) is 0 Å². The van der Waals surface area contributed by atoms with Crippen LogP contribution in [0.3, 0.4) is 0 Å². The number of thiocarbonyl (C=S) groups is 1.